The molecule has 0 bridgehead atoms. The number of methoxy groups -OCH3 is 1. The molecule has 1 aromatic carbocycles. The number of para-hydroxylation sites is 2. The molecular weight excluding hydrogens is 431 g/mol. The van der Waals surface area contributed by atoms with E-state index in [1.807, 2.05) is 18.2 Å². The number of nitrogens with zero attached hydrogens (tertiary/aromatic N) is 4. The topological polar surface area (TPSA) is 81.9 Å². The summed E-state index contributed by atoms with van der Waals surface area (Å²) in [4.78, 5) is 15.0. The van der Waals surface area contributed by atoms with Gasteiger partial charge in [0.15, 0.2) is 0 Å². The van der Waals surface area contributed by atoms with Crippen LogP contribution in [0.4, 0.5) is 13.2 Å². The molecule has 0 fully saturated rings. The smallest absolute Gasteiger partial charge is 0.417 e. The Bertz CT molecular complexity index is 1040. The molecule has 0 saturated heterocycles. The summed E-state index contributed by atoms with van der Waals surface area (Å²) in [6.07, 6.45) is -2.50. The molecule has 3 rings (SSSR count). The van der Waals surface area contributed by atoms with Crippen LogP contribution in [0.25, 0.3) is 5.69 Å². The van der Waals surface area contributed by atoms with Crippen LogP contribution in [0.1, 0.15) is 24.7 Å². The first-order chi connectivity index (χ1) is 14.8. The summed E-state index contributed by atoms with van der Waals surface area (Å²) < 4.78 is 45.7. The summed E-state index contributed by atoms with van der Waals surface area (Å²) >= 11 is 1.10. The zero-order valence-electron chi connectivity index (χ0n) is 16.8. The van der Waals surface area contributed by atoms with E-state index in [1.54, 1.807) is 17.7 Å². The van der Waals surface area contributed by atoms with Crippen molar-refractivity contribution in [2.75, 3.05) is 13.7 Å². The number of carbonyl (C=O) groups excluding carboxylic acids is 1. The van der Waals surface area contributed by atoms with Crippen LogP contribution in [0, 0.1) is 0 Å². The van der Waals surface area contributed by atoms with Gasteiger partial charge in [-0.15, -0.1) is 10.2 Å². The lowest BCUT2D eigenvalue weighted by molar-refractivity contribution is -0.137. The van der Waals surface area contributed by atoms with Gasteiger partial charge < -0.3 is 10.1 Å². The normalized spacial score (nSPS) is 11.4. The molecule has 164 valence electrons. The van der Waals surface area contributed by atoms with E-state index in [0.717, 1.165) is 24.0 Å². The highest BCUT2D eigenvalue weighted by Crippen LogP contribution is 2.34. The number of hydrogen-bond acceptors (Lipinski definition) is 6. The van der Waals surface area contributed by atoms with Crippen molar-refractivity contribution in [3.05, 3.63) is 54.0 Å². The number of rotatable bonds is 8. The SMILES string of the molecule is COc1ccccc1-n1c(CCCNC(C)=O)nnc1Sc1ccc(C(F)(F)F)cn1. The van der Waals surface area contributed by atoms with E-state index in [1.165, 1.54) is 13.0 Å². The van der Waals surface area contributed by atoms with Crippen molar-refractivity contribution in [1.82, 2.24) is 25.1 Å². The molecule has 2 heterocycles. The van der Waals surface area contributed by atoms with Gasteiger partial charge in [0.25, 0.3) is 0 Å². The molecule has 0 aliphatic rings. The standard InChI is InChI=1S/C20H20F3N5O2S/c1-13(29)24-11-5-8-17-26-27-19(28(17)15-6-3-4-7-16(15)30-2)31-18-10-9-14(12-25-18)20(21,22)23/h3-4,6-7,9-10,12H,5,8,11H2,1-2H3,(H,24,29). The Morgan fingerprint density at radius 2 is 1.97 bits per heavy atom. The number of alkyl halides is 3. The monoisotopic (exact) mass is 451 g/mol. The van der Waals surface area contributed by atoms with Gasteiger partial charge in [-0.2, -0.15) is 13.2 Å². The summed E-state index contributed by atoms with van der Waals surface area (Å²) in [5.74, 6) is 1.10. The minimum Gasteiger partial charge on any atom is -0.495 e. The molecule has 11 heteroatoms. The van der Waals surface area contributed by atoms with Crippen LogP contribution in [-0.2, 0) is 17.4 Å². The van der Waals surface area contributed by atoms with Crippen LogP contribution in [0.5, 0.6) is 5.75 Å². The third-order valence-corrected chi connectivity index (χ3v) is 5.13. The van der Waals surface area contributed by atoms with E-state index in [2.05, 4.69) is 20.5 Å². The van der Waals surface area contributed by atoms with Gasteiger partial charge in [-0.1, -0.05) is 12.1 Å². The highest BCUT2D eigenvalue weighted by Gasteiger charge is 2.30. The second-order valence-electron chi connectivity index (χ2n) is 6.48. The predicted molar refractivity (Wildman–Crippen MR) is 108 cm³/mol. The molecule has 0 aliphatic carbocycles. The highest BCUT2D eigenvalue weighted by molar-refractivity contribution is 7.99. The van der Waals surface area contributed by atoms with E-state index >= 15 is 0 Å². The first kappa shape index (κ1) is 22.6. The maximum Gasteiger partial charge on any atom is 0.417 e. The fraction of sp³-hybridized carbons (Fsp3) is 0.300. The van der Waals surface area contributed by atoms with Crippen molar-refractivity contribution in [2.45, 2.75) is 36.1 Å². The van der Waals surface area contributed by atoms with Crippen LogP contribution >= 0.6 is 11.8 Å². The van der Waals surface area contributed by atoms with Crippen LogP contribution in [0.3, 0.4) is 0 Å². The van der Waals surface area contributed by atoms with Gasteiger partial charge in [0.1, 0.15) is 16.6 Å². The van der Waals surface area contributed by atoms with Crippen molar-refractivity contribution in [3.8, 4) is 11.4 Å². The van der Waals surface area contributed by atoms with Gasteiger partial charge >= 0.3 is 6.18 Å². The van der Waals surface area contributed by atoms with E-state index < -0.39 is 11.7 Å². The third-order valence-electron chi connectivity index (χ3n) is 4.24. The number of carbonyl (C=O) groups is 1. The number of benzene rings is 1. The molecule has 0 atom stereocenters. The number of hydrogen-bond donors (Lipinski definition) is 1. The van der Waals surface area contributed by atoms with Crippen molar-refractivity contribution in [2.24, 2.45) is 0 Å². The Hall–Kier alpha value is -3.08. The fourth-order valence-corrected chi connectivity index (χ4v) is 3.60. The molecule has 0 saturated carbocycles. The molecule has 0 spiro atoms. The number of ether oxygens (including phenoxy) is 1. The van der Waals surface area contributed by atoms with Crippen LogP contribution in [0.15, 0.2) is 52.8 Å². The fourth-order valence-electron chi connectivity index (χ4n) is 2.80. The highest BCUT2D eigenvalue weighted by atomic mass is 32.2. The number of aryl methyl sites for hydroxylation is 1. The second kappa shape index (κ2) is 9.82. The zero-order valence-corrected chi connectivity index (χ0v) is 17.6. The van der Waals surface area contributed by atoms with Gasteiger partial charge in [0.05, 0.1) is 18.4 Å². The van der Waals surface area contributed by atoms with Crippen molar-refractivity contribution in [3.63, 3.8) is 0 Å². The first-order valence-electron chi connectivity index (χ1n) is 9.33. The maximum absolute atomic E-state index is 12.8. The summed E-state index contributed by atoms with van der Waals surface area (Å²) in [6.45, 7) is 1.93. The Balaban J connectivity index is 1.91. The van der Waals surface area contributed by atoms with Gasteiger partial charge in [0.2, 0.25) is 11.1 Å². The molecule has 1 amide bonds. The Kier molecular flexibility index (Phi) is 7.16. The average molecular weight is 451 g/mol. The molecule has 0 unspecified atom stereocenters. The Morgan fingerprint density at radius 1 is 1.19 bits per heavy atom. The molecule has 2 aromatic heterocycles. The van der Waals surface area contributed by atoms with Gasteiger partial charge in [-0.05, 0) is 42.4 Å². The van der Waals surface area contributed by atoms with Crippen molar-refractivity contribution in [1.29, 1.82) is 0 Å². The Morgan fingerprint density at radius 3 is 2.61 bits per heavy atom. The number of amides is 1. The number of nitrogens with one attached hydrogen (secondary N) is 1. The zero-order chi connectivity index (χ0) is 22.4. The predicted octanol–water partition coefficient (Wildman–Crippen LogP) is 3.91. The minimum atomic E-state index is -4.45. The summed E-state index contributed by atoms with van der Waals surface area (Å²) in [5, 5.41) is 12.0. The lowest BCUT2D eigenvalue weighted by Crippen LogP contribution is -2.21. The van der Waals surface area contributed by atoms with Crippen LogP contribution in [-0.4, -0.2) is 39.3 Å². The number of pyridine rings is 1. The van der Waals surface area contributed by atoms with Crippen molar-refractivity contribution >= 4 is 17.7 Å². The van der Waals surface area contributed by atoms with E-state index in [-0.39, 0.29) is 5.91 Å². The maximum atomic E-state index is 12.8. The first-order valence-corrected chi connectivity index (χ1v) is 10.1. The van der Waals surface area contributed by atoms with Gasteiger partial charge in [0, 0.05) is 26.1 Å². The summed E-state index contributed by atoms with van der Waals surface area (Å²) in [7, 11) is 1.55. The number of halogens is 3. The average Bonchev–Trinajstić information content (AvgIpc) is 3.12. The minimum absolute atomic E-state index is 0.115. The van der Waals surface area contributed by atoms with Crippen LogP contribution in [0.2, 0.25) is 0 Å². The van der Waals surface area contributed by atoms with Crippen molar-refractivity contribution < 1.29 is 22.7 Å². The lowest BCUT2D eigenvalue weighted by Gasteiger charge is -2.14. The lowest BCUT2D eigenvalue weighted by atomic mass is 10.2. The van der Waals surface area contributed by atoms with Gasteiger partial charge in [-0.25, -0.2) is 4.98 Å². The molecule has 7 nitrogen and oxygen atoms in total. The Labute approximate surface area is 181 Å². The molecule has 31 heavy (non-hydrogen) atoms. The molecule has 0 radical (unpaired) electrons. The summed E-state index contributed by atoms with van der Waals surface area (Å²) in [6, 6.07) is 9.57. The molecule has 1 N–H and O–H groups in total. The molecular formula is C20H20F3N5O2S. The van der Waals surface area contributed by atoms with Gasteiger partial charge in [-0.3, -0.25) is 9.36 Å². The second-order valence-corrected chi connectivity index (χ2v) is 7.47. The third kappa shape index (κ3) is 5.75. The van der Waals surface area contributed by atoms with E-state index in [4.69, 9.17) is 4.74 Å². The van der Waals surface area contributed by atoms with E-state index in [0.29, 0.717) is 46.8 Å². The van der Waals surface area contributed by atoms with Crippen LogP contribution < -0.4 is 10.1 Å². The number of aromatic nitrogens is 4. The largest absolute Gasteiger partial charge is 0.495 e. The summed E-state index contributed by atoms with van der Waals surface area (Å²) in [5.41, 5.74) is -0.124. The molecule has 3 aromatic rings. The molecule has 0 aliphatic heterocycles. The quantitative estimate of drug-likeness (QED) is 0.523. The van der Waals surface area contributed by atoms with E-state index in [9.17, 15) is 18.0 Å².